The van der Waals surface area contributed by atoms with E-state index in [9.17, 15) is 8.78 Å². The lowest BCUT2D eigenvalue weighted by molar-refractivity contribution is 0.143. The molecule has 0 unspecified atom stereocenters. The molecule has 0 aliphatic heterocycles. The largest absolute Gasteiger partial charge is 0.497 e. The van der Waals surface area contributed by atoms with Crippen LogP contribution in [0.4, 0.5) is 14.5 Å². The summed E-state index contributed by atoms with van der Waals surface area (Å²) in [5, 5.41) is 3.83. The summed E-state index contributed by atoms with van der Waals surface area (Å²) in [5.41, 5.74) is 5.65. The smallest absolute Gasteiger partial charge is 0.282 e. The van der Waals surface area contributed by atoms with Crippen molar-refractivity contribution in [3.05, 3.63) is 36.2 Å². The number of nitrogens with two attached hydrogens (primary N) is 1. The fourth-order valence-corrected chi connectivity index (χ4v) is 1.52. The Morgan fingerprint density at radius 1 is 1.29 bits per heavy atom. The van der Waals surface area contributed by atoms with Gasteiger partial charge in [-0.3, -0.25) is 0 Å². The molecular weight excluding hydrogens is 228 g/mol. The van der Waals surface area contributed by atoms with Gasteiger partial charge in [0, 0.05) is 0 Å². The summed E-state index contributed by atoms with van der Waals surface area (Å²) in [6.45, 7) is 0. The van der Waals surface area contributed by atoms with Gasteiger partial charge in [-0.15, -0.1) is 0 Å². The molecule has 17 heavy (non-hydrogen) atoms. The van der Waals surface area contributed by atoms with E-state index in [4.69, 9.17) is 10.5 Å². The van der Waals surface area contributed by atoms with Crippen LogP contribution in [-0.2, 0) is 0 Å². The van der Waals surface area contributed by atoms with Gasteiger partial charge in [0.05, 0.1) is 24.7 Å². The van der Waals surface area contributed by atoms with Gasteiger partial charge in [-0.25, -0.2) is 13.5 Å². The predicted molar refractivity (Wildman–Crippen MR) is 59.5 cm³/mol. The topological polar surface area (TPSA) is 53.1 Å². The second kappa shape index (κ2) is 4.40. The van der Waals surface area contributed by atoms with E-state index in [1.807, 2.05) is 0 Å². The Morgan fingerprint density at radius 2 is 1.94 bits per heavy atom. The van der Waals surface area contributed by atoms with Crippen LogP contribution in [0.2, 0.25) is 0 Å². The summed E-state index contributed by atoms with van der Waals surface area (Å²) < 4.78 is 31.7. The van der Waals surface area contributed by atoms with Crippen molar-refractivity contribution < 1.29 is 13.5 Å². The molecular formula is C11H11F2N3O. The Morgan fingerprint density at radius 3 is 2.47 bits per heavy atom. The Labute approximate surface area is 96.6 Å². The van der Waals surface area contributed by atoms with Crippen molar-refractivity contribution >= 4 is 5.69 Å². The lowest BCUT2D eigenvalue weighted by Gasteiger charge is -2.08. The van der Waals surface area contributed by atoms with Crippen LogP contribution < -0.4 is 10.5 Å². The number of aromatic nitrogens is 2. The molecule has 2 aromatic rings. The van der Waals surface area contributed by atoms with Crippen LogP contribution in [0.1, 0.15) is 12.1 Å². The van der Waals surface area contributed by atoms with Crippen LogP contribution in [0.3, 0.4) is 0 Å². The van der Waals surface area contributed by atoms with E-state index in [0.29, 0.717) is 11.4 Å². The van der Waals surface area contributed by atoms with Crippen molar-refractivity contribution in [1.82, 2.24) is 9.78 Å². The molecule has 1 aromatic heterocycles. The number of nitrogens with zero attached hydrogens (tertiary/aromatic N) is 2. The van der Waals surface area contributed by atoms with Gasteiger partial charge >= 0.3 is 0 Å². The summed E-state index contributed by atoms with van der Waals surface area (Å²) >= 11 is 0. The molecule has 0 bridgehead atoms. The highest BCUT2D eigenvalue weighted by atomic mass is 19.3. The summed E-state index contributed by atoms with van der Waals surface area (Å²) in [6.07, 6.45) is -1.45. The highest BCUT2D eigenvalue weighted by Crippen LogP contribution is 2.27. The number of hydrogen-bond donors (Lipinski definition) is 1. The summed E-state index contributed by atoms with van der Waals surface area (Å²) in [5.74, 6) is 0.646. The quantitative estimate of drug-likeness (QED) is 0.894. The van der Waals surface area contributed by atoms with E-state index in [-0.39, 0.29) is 11.4 Å². The first-order valence-electron chi connectivity index (χ1n) is 4.89. The van der Waals surface area contributed by atoms with Gasteiger partial charge in [0.1, 0.15) is 11.4 Å². The number of nitrogen functional groups attached to an aromatic ring is 1. The van der Waals surface area contributed by atoms with Gasteiger partial charge in [-0.1, -0.05) is 0 Å². The molecule has 4 nitrogen and oxygen atoms in total. The standard InChI is InChI=1S/C11H11F2N3O/c1-17-8-4-2-7(3-5-8)16-10(11(12)13)9(14)6-15-16/h2-6,11H,14H2,1H3. The van der Waals surface area contributed by atoms with E-state index >= 15 is 0 Å². The molecule has 0 amide bonds. The monoisotopic (exact) mass is 239 g/mol. The number of ether oxygens (including phenoxy) is 1. The fraction of sp³-hybridized carbons (Fsp3) is 0.182. The van der Waals surface area contributed by atoms with Gasteiger partial charge < -0.3 is 10.5 Å². The van der Waals surface area contributed by atoms with E-state index in [2.05, 4.69) is 5.10 Å². The van der Waals surface area contributed by atoms with Crippen LogP contribution in [0.5, 0.6) is 5.75 Å². The summed E-state index contributed by atoms with van der Waals surface area (Å²) in [4.78, 5) is 0. The van der Waals surface area contributed by atoms with Crippen LogP contribution >= 0.6 is 0 Å². The van der Waals surface area contributed by atoms with Gasteiger partial charge in [0.2, 0.25) is 0 Å². The van der Waals surface area contributed by atoms with Crippen molar-refractivity contribution in [1.29, 1.82) is 0 Å². The van der Waals surface area contributed by atoms with Crippen molar-refractivity contribution in [3.8, 4) is 11.4 Å². The lowest BCUT2D eigenvalue weighted by atomic mass is 10.3. The number of benzene rings is 1. The van der Waals surface area contributed by atoms with Gasteiger partial charge in [0.25, 0.3) is 6.43 Å². The van der Waals surface area contributed by atoms with Crippen molar-refractivity contribution in [2.75, 3.05) is 12.8 Å². The highest BCUT2D eigenvalue weighted by molar-refractivity contribution is 5.47. The molecule has 0 atom stereocenters. The maximum absolute atomic E-state index is 12.8. The Bertz CT molecular complexity index is 508. The average Bonchev–Trinajstić information content (AvgIpc) is 2.71. The number of alkyl halides is 2. The van der Waals surface area contributed by atoms with E-state index in [1.54, 1.807) is 24.3 Å². The fourth-order valence-electron chi connectivity index (χ4n) is 1.52. The first kappa shape index (κ1) is 11.4. The van der Waals surface area contributed by atoms with Gasteiger partial charge in [-0.2, -0.15) is 5.10 Å². The van der Waals surface area contributed by atoms with E-state index < -0.39 is 6.43 Å². The third-order valence-electron chi connectivity index (χ3n) is 2.36. The van der Waals surface area contributed by atoms with Crippen molar-refractivity contribution in [2.45, 2.75) is 6.43 Å². The third-order valence-corrected chi connectivity index (χ3v) is 2.36. The zero-order valence-corrected chi connectivity index (χ0v) is 9.10. The summed E-state index contributed by atoms with van der Waals surface area (Å²) in [6, 6.07) is 6.61. The molecule has 0 fully saturated rings. The Kier molecular flexibility index (Phi) is 2.95. The second-order valence-electron chi connectivity index (χ2n) is 3.40. The molecule has 0 aliphatic rings. The maximum atomic E-state index is 12.8. The van der Waals surface area contributed by atoms with Gasteiger partial charge in [0.15, 0.2) is 0 Å². The molecule has 0 aliphatic carbocycles. The average molecular weight is 239 g/mol. The van der Waals surface area contributed by atoms with Crippen LogP contribution in [0, 0.1) is 0 Å². The molecule has 1 aromatic carbocycles. The molecule has 0 saturated heterocycles. The first-order chi connectivity index (χ1) is 8.13. The zero-order chi connectivity index (χ0) is 12.4. The zero-order valence-electron chi connectivity index (χ0n) is 9.10. The number of rotatable bonds is 3. The van der Waals surface area contributed by atoms with Crippen LogP contribution in [-0.4, -0.2) is 16.9 Å². The molecule has 0 radical (unpaired) electrons. The van der Waals surface area contributed by atoms with E-state index in [1.165, 1.54) is 13.3 Å². The molecule has 2 rings (SSSR count). The molecule has 0 saturated carbocycles. The van der Waals surface area contributed by atoms with Crippen LogP contribution in [0.25, 0.3) is 5.69 Å². The Hall–Kier alpha value is -2.11. The van der Waals surface area contributed by atoms with Crippen molar-refractivity contribution in [2.24, 2.45) is 0 Å². The minimum Gasteiger partial charge on any atom is -0.497 e. The maximum Gasteiger partial charge on any atom is 0.282 e. The number of hydrogen-bond acceptors (Lipinski definition) is 3. The molecule has 2 N–H and O–H groups in total. The number of halogens is 2. The SMILES string of the molecule is COc1ccc(-n2ncc(N)c2C(F)F)cc1. The minimum atomic E-state index is -2.67. The second-order valence-corrected chi connectivity index (χ2v) is 3.40. The molecule has 90 valence electrons. The van der Waals surface area contributed by atoms with Crippen molar-refractivity contribution in [3.63, 3.8) is 0 Å². The third kappa shape index (κ3) is 2.06. The number of anilines is 1. The molecule has 0 spiro atoms. The summed E-state index contributed by atoms with van der Waals surface area (Å²) in [7, 11) is 1.53. The molecule has 1 heterocycles. The highest BCUT2D eigenvalue weighted by Gasteiger charge is 2.19. The van der Waals surface area contributed by atoms with Crippen LogP contribution in [0.15, 0.2) is 30.5 Å². The first-order valence-corrected chi connectivity index (χ1v) is 4.89. The molecule has 6 heteroatoms. The normalized spacial score (nSPS) is 10.8. The predicted octanol–water partition coefficient (Wildman–Crippen LogP) is 2.40. The van der Waals surface area contributed by atoms with E-state index in [0.717, 1.165) is 4.68 Å². The Balaban J connectivity index is 2.45. The van der Waals surface area contributed by atoms with Gasteiger partial charge in [-0.05, 0) is 24.3 Å². The minimum absolute atomic E-state index is 0.0178. The lowest BCUT2D eigenvalue weighted by Crippen LogP contribution is -2.04. The number of methoxy groups -OCH3 is 1.